The Morgan fingerprint density at radius 3 is 2.00 bits per heavy atom. The number of fused-ring (bicyclic) bond motifs is 2. The first-order valence-electron chi connectivity index (χ1n) is 8.49. The van der Waals surface area contributed by atoms with E-state index in [0.717, 1.165) is 32.1 Å². The molecule has 0 spiro atoms. The predicted molar refractivity (Wildman–Crippen MR) is 82.6 cm³/mol. The molecule has 0 bridgehead atoms. The summed E-state index contributed by atoms with van der Waals surface area (Å²) in [6.45, 7) is 0. The van der Waals surface area contributed by atoms with E-state index < -0.39 is 0 Å². The van der Waals surface area contributed by atoms with Gasteiger partial charge in [-0.2, -0.15) is 11.8 Å². The average Bonchev–Trinajstić information content (AvgIpc) is 2.96. The third kappa shape index (κ3) is 2.65. The molecular weight excluding hydrogens is 316 g/mol. The summed E-state index contributed by atoms with van der Waals surface area (Å²) in [5, 5.41) is 0.740. The van der Waals surface area contributed by atoms with E-state index in [2.05, 4.69) is 0 Å². The minimum Gasteiger partial charge on any atom is -0.393 e. The molecule has 1 heterocycles. The number of carbonyl (C=O) groups excluding carboxylic acids is 4. The molecule has 23 heavy (non-hydrogen) atoms. The molecule has 5 nitrogen and oxygen atoms in total. The summed E-state index contributed by atoms with van der Waals surface area (Å²) in [5.74, 6) is -1.04. The summed E-state index contributed by atoms with van der Waals surface area (Å²) in [7, 11) is 0. The maximum absolute atomic E-state index is 12.0. The number of esters is 2. The van der Waals surface area contributed by atoms with Crippen molar-refractivity contribution in [2.45, 2.75) is 55.4 Å². The fraction of sp³-hybridized carbons (Fsp3) is 0.765. The highest BCUT2D eigenvalue weighted by Gasteiger charge is 2.49. The number of thioether (sulfide) groups is 1. The largest absolute Gasteiger partial charge is 0.393 e. The van der Waals surface area contributed by atoms with Crippen molar-refractivity contribution in [1.29, 1.82) is 0 Å². The summed E-state index contributed by atoms with van der Waals surface area (Å²) in [6, 6.07) is 0. The number of ketones is 2. The van der Waals surface area contributed by atoms with Gasteiger partial charge in [0.1, 0.15) is 11.6 Å². The van der Waals surface area contributed by atoms with E-state index in [4.69, 9.17) is 4.74 Å². The van der Waals surface area contributed by atoms with Crippen molar-refractivity contribution in [3.05, 3.63) is 0 Å². The van der Waals surface area contributed by atoms with Crippen molar-refractivity contribution >= 4 is 35.3 Å². The Morgan fingerprint density at radius 2 is 1.26 bits per heavy atom. The zero-order chi connectivity index (χ0) is 16.1. The quantitative estimate of drug-likeness (QED) is 0.566. The van der Waals surface area contributed by atoms with Crippen molar-refractivity contribution in [2.75, 3.05) is 0 Å². The molecule has 1 saturated heterocycles. The van der Waals surface area contributed by atoms with Gasteiger partial charge in [-0.25, -0.2) is 0 Å². The van der Waals surface area contributed by atoms with Gasteiger partial charge in [0.05, 0.1) is 18.3 Å². The van der Waals surface area contributed by atoms with Crippen LogP contribution in [0.15, 0.2) is 0 Å². The average molecular weight is 336 g/mol. The van der Waals surface area contributed by atoms with Crippen LogP contribution in [0.2, 0.25) is 0 Å². The first kappa shape index (κ1) is 15.4. The number of Topliss-reactive ketones (excluding diaryl/α,β-unsaturated/α-hetero) is 2. The van der Waals surface area contributed by atoms with Crippen LogP contribution in [0.4, 0.5) is 0 Å². The summed E-state index contributed by atoms with van der Waals surface area (Å²) in [4.78, 5) is 47.1. The molecule has 3 aliphatic carbocycles. The van der Waals surface area contributed by atoms with Crippen LogP contribution in [0.1, 0.15) is 44.9 Å². The minimum atomic E-state index is -0.356. The van der Waals surface area contributed by atoms with Crippen molar-refractivity contribution in [3.63, 3.8) is 0 Å². The predicted octanol–water partition coefficient (Wildman–Crippen LogP) is 1.91. The van der Waals surface area contributed by atoms with Crippen LogP contribution in [0.3, 0.4) is 0 Å². The highest BCUT2D eigenvalue weighted by molar-refractivity contribution is 8.00. The molecule has 4 rings (SSSR count). The topological polar surface area (TPSA) is 77.5 Å². The van der Waals surface area contributed by atoms with Gasteiger partial charge in [-0.3, -0.25) is 19.2 Å². The van der Waals surface area contributed by atoms with Crippen LogP contribution in [0.25, 0.3) is 0 Å². The van der Waals surface area contributed by atoms with Crippen LogP contribution in [-0.4, -0.2) is 34.0 Å². The molecule has 6 heteroatoms. The second-order valence-electron chi connectivity index (χ2n) is 7.28. The van der Waals surface area contributed by atoms with Crippen molar-refractivity contribution < 1.29 is 23.9 Å². The van der Waals surface area contributed by atoms with Gasteiger partial charge >= 0.3 is 11.9 Å². The van der Waals surface area contributed by atoms with E-state index in [1.54, 1.807) is 0 Å². The normalized spacial score (nSPS) is 43.3. The first-order valence-corrected chi connectivity index (χ1v) is 9.43. The monoisotopic (exact) mass is 336 g/mol. The molecule has 0 radical (unpaired) electrons. The molecular formula is C17H20O5S. The maximum Gasteiger partial charge on any atom is 0.317 e. The van der Waals surface area contributed by atoms with Crippen LogP contribution in [0.5, 0.6) is 0 Å². The summed E-state index contributed by atoms with van der Waals surface area (Å²) in [5.41, 5.74) is 0. The molecule has 4 aliphatic rings. The third-order valence-electron chi connectivity index (χ3n) is 5.97. The summed E-state index contributed by atoms with van der Waals surface area (Å²) < 4.78 is 4.76. The SMILES string of the molecule is O=C1CC(=O)C2CC(SC3CCC4C(=O)OC(=O)C4C3)CCC12. The summed E-state index contributed by atoms with van der Waals surface area (Å²) in [6.07, 6.45) is 5.08. The van der Waals surface area contributed by atoms with Crippen LogP contribution >= 0.6 is 11.8 Å². The molecule has 0 aromatic carbocycles. The van der Waals surface area contributed by atoms with Gasteiger partial charge < -0.3 is 4.74 Å². The Morgan fingerprint density at radius 1 is 0.696 bits per heavy atom. The van der Waals surface area contributed by atoms with Crippen molar-refractivity contribution in [2.24, 2.45) is 23.7 Å². The second kappa shape index (κ2) is 5.72. The van der Waals surface area contributed by atoms with E-state index in [-0.39, 0.29) is 53.6 Å². The lowest BCUT2D eigenvalue weighted by molar-refractivity contribution is -0.153. The lowest BCUT2D eigenvalue weighted by Gasteiger charge is -2.34. The van der Waals surface area contributed by atoms with E-state index >= 15 is 0 Å². The zero-order valence-electron chi connectivity index (χ0n) is 12.9. The molecule has 0 N–H and O–H groups in total. The number of hydrogen-bond donors (Lipinski definition) is 0. The number of rotatable bonds is 2. The fourth-order valence-electron chi connectivity index (χ4n) is 4.75. The Kier molecular flexibility index (Phi) is 3.82. The van der Waals surface area contributed by atoms with Crippen molar-refractivity contribution in [1.82, 2.24) is 0 Å². The first-order chi connectivity index (χ1) is 11.0. The summed E-state index contributed by atoms with van der Waals surface area (Å²) >= 11 is 1.86. The lowest BCUT2D eigenvalue weighted by atomic mass is 9.80. The Bertz CT molecular complexity index is 536. The van der Waals surface area contributed by atoms with Gasteiger partial charge in [0.15, 0.2) is 0 Å². The van der Waals surface area contributed by atoms with E-state index in [0.29, 0.717) is 16.9 Å². The van der Waals surface area contributed by atoms with Gasteiger partial charge in [-0.05, 0) is 38.5 Å². The Balaban J connectivity index is 1.36. The van der Waals surface area contributed by atoms with Gasteiger partial charge in [0.2, 0.25) is 0 Å². The smallest absolute Gasteiger partial charge is 0.317 e. The zero-order valence-corrected chi connectivity index (χ0v) is 13.7. The van der Waals surface area contributed by atoms with Gasteiger partial charge in [-0.1, -0.05) is 0 Å². The Labute approximate surface area is 138 Å². The maximum atomic E-state index is 12.0. The molecule has 6 atom stereocenters. The molecule has 0 aromatic rings. The molecule has 1 aliphatic heterocycles. The minimum absolute atomic E-state index is 0.0301. The van der Waals surface area contributed by atoms with Gasteiger partial charge in [0, 0.05) is 22.3 Å². The molecule has 3 saturated carbocycles. The number of ether oxygens (including phenoxy) is 1. The third-order valence-corrected chi connectivity index (χ3v) is 7.60. The van der Waals surface area contributed by atoms with Crippen LogP contribution in [0, 0.1) is 23.7 Å². The lowest BCUT2D eigenvalue weighted by Crippen LogP contribution is -2.32. The number of hydrogen-bond acceptors (Lipinski definition) is 6. The van der Waals surface area contributed by atoms with E-state index in [9.17, 15) is 19.2 Å². The molecule has 124 valence electrons. The molecule has 0 amide bonds. The van der Waals surface area contributed by atoms with Crippen LogP contribution < -0.4 is 0 Å². The van der Waals surface area contributed by atoms with Gasteiger partial charge in [0.25, 0.3) is 0 Å². The fourth-order valence-corrected chi connectivity index (χ4v) is 6.48. The second-order valence-corrected chi connectivity index (χ2v) is 8.89. The Hall–Kier alpha value is -1.17. The van der Waals surface area contributed by atoms with E-state index in [1.807, 2.05) is 11.8 Å². The molecule has 0 aromatic heterocycles. The van der Waals surface area contributed by atoms with Crippen molar-refractivity contribution in [3.8, 4) is 0 Å². The standard InChI is InChI=1S/C17H20O5S/c18-14-7-15(19)12-5-8(1-3-10(12)14)23-9-2-4-11-13(6-9)17(21)22-16(11)20/h8-13H,1-7H2. The highest BCUT2D eigenvalue weighted by atomic mass is 32.2. The molecule has 6 unspecified atom stereocenters. The number of cyclic esters (lactones) is 2. The highest BCUT2D eigenvalue weighted by Crippen LogP contribution is 2.47. The van der Waals surface area contributed by atoms with E-state index in [1.165, 1.54) is 0 Å². The van der Waals surface area contributed by atoms with Crippen LogP contribution in [-0.2, 0) is 23.9 Å². The van der Waals surface area contributed by atoms with Gasteiger partial charge in [-0.15, -0.1) is 0 Å². The number of carbonyl (C=O) groups is 4. The molecule has 4 fully saturated rings.